The summed E-state index contributed by atoms with van der Waals surface area (Å²) in [7, 11) is 0. The SMILES string of the molecule is Cc1noc(CCCNC(=O)[C@H]2CN(Cc3ccccc3)CCO2)n1. The van der Waals surface area contributed by atoms with Crippen LogP contribution in [0.5, 0.6) is 0 Å². The molecule has 0 saturated carbocycles. The highest BCUT2D eigenvalue weighted by atomic mass is 16.5. The number of nitrogens with one attached hydrogen (secondary N) is 1. The van der Waals surface area contributed by atoms with Gasteiger partial charge in [0.15, 0.2) is 5.82 Å². The number of hydrogen-bond acceptors (Lipinski definition) is 6. The van der Waals surface area contributed by atoms with Crippen LogP contribution in [0.3, 0.4) is 0 Å². The van der Waals surface area contributed by atoms with Crippen molar-refractivity contribution >= 4 is 5.91 Å². The van der Waals surface area contributed by atoms with E-state index in [1.807, 2.05) is 18.2 Å². The van der Waals surface area contributed by atoms with E-state index >= 15 is 0 Å². The van der Waals surface area contributed by atoms with Gasteiger partial charge in [-0.15, -0.1) is 0 Å². The molecule has 1 fully saturated rings. The van der Waals surface area contributed by atoms with Crippen molar-refractivity contribution < 1.29 is 14.1 Å². The van der Waals surface area contributed by atoms with Crippen LogP contribution >= 0.6 is 0 Å². The second-order valence-electron chi connectivity index (χ2n) is 6.21. The van der Waals surface area contributed by atoms with E-state index in [9.17, 15) is 4.79 Å². The van der Waals surface area contributed by atoms with Crippen LogP contribution in [0.15, 0.2) is 34.9 Å². The molecular weight excluding hydrogens is 320 g/mol. The molecule has 1 N–H and O–H groups in total. The number of aromatic nitrogens is 2. The molecule has 1 aromatic carbocycles. The molecule has 0 spiro atoms. The van der Waals surface area contributed by atoms with Crippen LogP contribution in [0.1, 0.15) is 23.7 Å². The summed E-state index contributed by atoms with van der Waals surface area (Å²) in [4.78, 5) is 18.7. The van der Waals surface area contributed by atoms with Crippen molar-refractivity contribution in [2.75, 3.05) is 26.2 Å². The van der Waals surface area contributed by atoms with E-state index < -0.39 is 6.10 Å². The lowest BCUT2D eigenvalue weighted by molar-refractivity contribution is -0.138. The smallest absolute Gasteiger partial charge is 0.250 e. The summed E-state index contributed by atoms with van der Waals surface area (Å²) in [6.45, 7) is 5.23. The molecule has 0 radical (unpaired) electrons. The first-order valence-corrected chi connectivity index (χ1v) is 8.65. The van der Waals surface area contributed by atoms with Crippen molar-refractivity contribution in [3.63, 3.8) is 0 Å². The molecule has 1 aliphatic heterocycles. The average molecular weight is 344 g/mol. The number of hydrogen-bond donors (Lipinski definition) is 1. The van der Waals surface area contributed by atoms with Gasteiger partial charge in [-0.25, -0.2) is 0 Å². The summed E-state index contributed by atoms with van der Waals surface area (Å²) in [6.07, 6.45) is 1.00. The molecule has 2 heterocycles. The molecule has 1 amide bonds. The lowest BCUT2D eigenvalue weighted by Gasteiger charge is -2.32. The second kappa shape index (κ2) is 8.73. The van der Waals surface area contributed by atoms with Gasteiger partial charge < -0.3 is 14.6 Å². The topological polar surface area (TPSA) is 80.5 Å². The minimum absolute atomic E-state index is 0.0560. The maximum Gasteiger partial charge on any atom is 0.250 e. The third kappa shape index (κ3) is 5.37. The number of rotatable bonds is 7. The zero-order valence-electron chi connectivity index (χ0n) is 14.5. The van der Waals surface area contributed by atoms with E-state index in [-0.39, 0.29) is 5.91 Å². The molecule has 0 aliphatic carbocycles. The van der Waals surface area contributed by atoms with Gasteiger partial charge in [0.25, 0.3) is 0 Å². The zero-order chi connectivity index (χ0) is 17.5. The van der Waals surface area contributed by atoms with E-state index in [2.05, 4.69) is 32.5 Å². The normalized spacial score (nSPS) is 18.2. The molecule has 0 unspecified atom stereocenters. The molecule has 3 rings (SSSR count). The Morgan fingerprint density at radius 1 is 1.36 bits per heavy atom. The van der Waals surface area contributed by atoms with Crippen LogP contribution in [-0.2, 0) is 22.5 Å². The van der Waals surface area contributed by atoms with Crippen LogP contribution < -0.4 is 5.32 Å². The molecule has 1 atom stereocenters. The van der Waals surface area contributed by atoms with Gasteiger partial charge in [-0.3, -0.25) is 9.69 Å². The van der Waals surface area contributed by atoms with Gasteiger partial charge in [0.2, 0.25) is 11.8 Å². The van der Waals surface area contributed by atoms with Crippen LogP contribution in [0.2, 0.25) is 0 Å². The Morgan fingerprint density at radius 3 is 2.96 bits per heavy atom. The predicted octanol–water partition coefficient (Wildman–Crippen LogP) is 1.33. The van der Waals surface area contributed by atoms with E-state index in [1.165, 1.54) is 5.56 Å². The summed E-state index contributed by atoms with van der Waals surface area (Å²) < 4.78 is 10.7. The van der Waals surface area contributed by atoms with Gasteiger partial charge in [-0.2, -0.15) is 4.98 Å². The molecule has 134 valence electrons. The summed E-state index contributed by atoms with van der Waals surface area (Å²) in [5, 5.41) is 6.68. The lowest BCUT2D eigenvalue weighted by atomic mass is 10.2. The molecular formula is C18H24N4O3. The average Bonchev–Trinajstić information content (AvgIpc) is 3.05. The summed E-state index contributed by atoms with van der Waals surface area (Å²) in [5.41, 5.74) is 1.25. The summed E-state index contributed by atoms with van der Waals surface area (Å²) >= 11 is 0. The van der Waals surface area contributed by atoms with Crippen molar-refractivity contribution in [3.05, 3.63) is 47.6 Å². The molecule has 2 aromatic rings. The fourth-order valence-electron chi connectivity index (χ4n) is 2.85. The zero-order valence-corrected chi connectivity index (χ0v) is 14.5. The number of amides is 1. The minimum atomic E-state index is -0.414. The number of carbonyl (C=O) groups excluding carboxylic acids is 1. The van der Waals surface area contributed by atoms with Crippen LogP contribution in [0.4, 0.5) is 0 Å². The lowest BCUT2D eigenvalue weighted by Crippen LogP contribution is -2.49. The van der Waals surface area contributed by atoms with Crippen molar-refractivity contribution in [1.29, 1.82) is 0 Å². The fraction of sp³-hybridized carbons (Fsp3) is 0.500. The van der Waals surface area contributed by atoms with E-state index in [4.69, 9.17) is 9.26 Å². The Bertz CT molecular complexity index is 674. The van der Waals surface area contributed by atoms with Gasteiger partial charge in [-0.05, 0) is 18.9 Å². The molecule has 25 heavy (non-hydrogen) atoms. The molecule has 1 aromatic heterocycles. The standard InChI is InChI=1S/C18H24N4O3/c1-14-20-17(25-21-14)8-5-9-19-18(23)16-13-22(10-11-24-16)12-15-6-3-2-4-7-15/h2-4,6-7,16H,5,8-13H2,1H3,(H,19,23)/t16-/m1/s1. The van der Waals surface area contributed by atoms with Crippen molar-refractivity contribution in [2.24, 2.45) is 0 Å². The highest BCUT2D eigenvalue weighted by Crippen LogP contribution is 2.10. The number of nitrogens with zero attached hydrogens (tertiary/aromatic N) is 3. The third-order valence-corrected chi connectivity index (χ3v) is 4.13. The second-order valence-corrected chi connectivity index (χ2v) is 6.21. The van der Waals surface area contributed by atoms with Gasteiger partial charge >= 0.3 is 0 Å². The predicted molar refractivity (Wildman–Crippen MR) is 91.8 cm³/mol. The Labute approximate surface area is 147 Å². The van der Waals surface area contributed by atoms with Crippen molar-refractivity contribution in [3.8, 4) is 0 Å². The summed E-state index contributed by atoms with van der Waals surface area (Å²) in [6, 6.07) is 10.3. The highest BCUT2D eigenvalue weighted by molar-refractivity contribution is 5.81. The van der Waals surface area contributed by atoms with Crippen LogP contribution in [-0.4, -0.2) is 53.3 Å². The maximum absolute atomic E-state index is 12.3. The Kier molecular flexibility index (Phi) is 6.14. The van der Waals surface area contributed by atoms with Gasteiger partial charge in [0.1, 0.15) is 6.10 Å². The van der Waals surface area contributed by atoms with Crippen molar-refractivity contribution in [2.45, 2.75) is 32.4 Å². The monoisotopic (exact) mass is 344 g/mol. The molecule has 1 aliphatic rings. The van der Waals surface area contributed by atoms with Gasteiger partial charge in [0, 0.05) is 32.6 Å². The van der Waals surface area contributed by atoms with E-state index in [0.29, 0.717) is 37.8 Å². The Balaban J connectivity index is 1.39. The first-order chi connectivity index (χ1) is 12.2. The van der Waals surface area contributed by atoms with E-state index in [0.717, 1.165) is 19.5 Å². The first kappa shape index (κ1) is 17.6. The number of carbonyl (C=O) groups is 1. The number of aryl methyl sites for hydroxylation is 2. The third-order valence-electron chi connectivity index (χ3n) is 4.13. The molecule has 7 heteroatoms. The largest absolute Gasteiger partial charge is 0.366 e. The van der Waals surface area contributed by atoms with Gasteiger partial charge in [-0.1, -0.05) is 35.5 Å². The number of benzene rings is 1. The van der Waals surface area contributed by atoms with Gasteiger partial charge in [0.05, 0.1) is 6.61 Å². The van der Waals surface area contributed by atoms with Crippen molar-refractivity contribution in [1.82, 2.24) is 20.4 Å². The van der Waals surface area contributed by atoms with E-state index in [1.54, 1.807) is 6.92 Å². The quantitative estimate of drug-likeness (QED) is 0.763. The Hall–Kier alpha value is -2.25. The molecule has 7 nitrogen and oxygen atoms in total. The summed E-state index contributed by atoms with van der Waals surface area (Å²) in [5.74, 6) is 1.18. The first-order valence-electron chi connectivity index (χ1n) is 8.65. The van der Waals surface area contributed by atoms with Crippen LogP contribution in [0, 0.1) is 6.92 Å². The van der Waals surface area contributed by atoms with Crippen LogP contribution in [0.25, 0.3) is 0 Å². The maximum atomic E-state index is 12.3. The molecule has 0 bridgehead atoms. The molecule has 1 saturated heterocycles. The number of ether oxygens (including phenoxy) is 1. The highest BCUT2D eigenvalue weighted by Gasteiger charge is 2.26. The Morgan fingerprint density at radius 2 is 2.20 bits per heavy atom. The fourth-order valence-corrected chi connectivity index (χ4v) is 2.85. The minimum Gasteiger partial charge on any atom is -0.366 e. The number of morpholine rings is 1.